The molecule has 1 fully saturated rings. The third kappa shape index (κ3) is 8.27. The molecule has 0 aromatic heterocycles. The average Bonchev–Trinajstić information content (AvgIpc) is 2.77. The highest BCUT2D eigenvalue weighted by Crippen LogP contribution is 2.26. The average molecular weight is 399 g/mol. The van der Waals surface area contributed by atoms with E-state index in [1.807, 2.05) is 18.2 Å². The zero-order chi connectivity index (χ0) is 20.2. The summed E-state index contributed by atoms with van der Waals surface area (Å²) in [4.78, 5) is 0. The summed E-state index contributed by atoms with van der Waals surface area (Å²) in [5.41, 5.74) is 2.60. The van der Waals surface area contributed by atoms with Crippen molar-refractivity contribution >= 4 is 0 Å². The number of hydrogen-bond acceptors (Lipinski definition) is 4. The van der Waals surface area contributed by atoms with E-state index < -0.39 is 0 Å². The summed E-state index contributed by atoms with van der Waals surface area (Å²) in [6, 6.07) is 21.0. The van der Waals surface area contributed by atoms with E-state index in [4.69, 9.17) is 18.9 Å². The van der Waals surface area contributed by atoms with Gasteiger partial charge in [-0.1, -0.05) is 67.1 Å². The molecular weight excluding hydrogens is 364 g/mol. The van der Waals surface area contributed by atoms with Crippen LogP contribution in [-0.4, -0.2) is 38.8 Å². The molecule has 0 amide bonds. The molecule has 0 N–H and O–H groups in total. The van der Waals surface area contributed by atoms with Crippen LogP contribution in [0, 0.1) is 0 Å². The fourth-order valence-corrected chi connectivity index (χ4v) is 3.89. The third-order valence-corrected chi connectivity index (χ3v) is 5.36. The molecule has 2 aromatic carbocycles. The highest BCUT2D eigenvalue weighted by atomic mass is 16.7. The predicted molar refractivity (Wildman–Crippen MR) is 115 cm³/mol. The summed E-state index contributed by atoms with van der Waals surface area (Å²) in [6.45, 7) is 1.55. The molecule has 1 aliphatic rings. The second-order valence-electron chi connectivity index (χ2n) is 7.78. The summed E-state index contributed by atoms with van der Waals surface area (Å²) in [7, 11) is 1.67. The van der Waals surface area contributed by atoms with Gasteiger partial charge in [-0.25, -0.2) is 0 Å². The second kappa shape index (κ2) is 12.8. The van der Waals surface area contributed by atoms with Crippen LogP contribution in [0.1, 0.15) is 43.2 Å². The van der Waals surface area contributed by atoms with E-state index >= 15 is 0 Å². The summed E-state index contributed by atoms with van der Waals surface area (Å²) in [5.74, 6) is 0. The first-order valence-electron chi connectivity index (χ1n) is 10.7. The number of benzene rings is 2. The van der Waals surface area contributed by atoms with Gasteiger partial charge in [-0.3, -0.25) is 0 Å². The molecule has 3 rings (SSSR count). The van der Waals surface area contributed by atoms with Crippen LogP contribution in [0.2, 0.25) is 0 Å². The van der Waals surface area contributed by atoms with E-state index in [0.29, 0.717) is 20.0 Å². The Labute approximate surface area is 175 Å². The van der Waals surface area contributed by atoms with Crippen LogP contribution >= 0.6 is 0 Å². The second-order valence-corrected chi connectivity index (χ2v) is 7.78. The highest BCUT2D eigenvalue weighted by Gasteiger charge is 2.30. The normalized spacial score (nSPS) is 21.9. The Morgan fingerprint density at radius 1 is 0.862 bits per heavy atom. The van der Waals surface area contributed by atoms with Gasteiger partial charge in [-0.15, -0.1) is 0 Å². The molecule has 4 heteroatoms. The maximum absolute atomic E-state index is 6.34. The molecule has 4 nitrogen and oxygen atoms in total. The maximum Gasteiger partial charge on any atom is 0.146 e. The Bertz CT molecular complexity index is 661. The van der Waals surface area contributed by atoms with Crippen molar-refractivity contribution in [2.75, 3.05) is 20.5 Å². The zero-order valence-corrected chi connectivity index (χ0v) is 17.5. The van der Waals surface area contributed by atoms with E-state index in [0.717, 1.165) is 32.1 Å². The van der Waals surface area contributed by atoms with Gasteiger partial charge >= 0.3 is 0 Å². The lowest BCUT2D eigenvalue weighted by Gasteiger charge is -2.35. The molecule has 158 valence electrons. The molecule has 1 heterocycles. The topological polar surface area (TPSA) is 36.9 Å². The number of rotatable bonds is 12. The first kappa shape index (κ1) is 22.0. The molecular formula is C25H34O4. The highest BCUT2D eigenvalue weighted by molar-refractivity contribution is 5.14. The van der Waals surface area contributed by atoms with Crippen LogP contribution in [0.3, 0.4) is 0 Å². The Kier molecular flexibility index (Phi) is 9.67. The van der Waals surface area contributed by atoms with Crippen LogP contribution < -0.4 is 0 Å². The molecule has 29 heavy (non-hydrogen) atoms. The van der Waals surface area contributed by atoms with Gasteiger partial charge in [0.15, 0.2) is 0 Å². The maximum atomic E-state index is 6.34. The molecule has 0 aliphatic carbocycles. The quantitative estimate of drug-likeness (QED) is 0.366. The Morgan fingerprint density at radius 3 is 2.28 bits per heavy atom. The van der Waals surface area contributed by atoms with Gasteiger partial charge in [0, 0.05) is 13.5 Å². The molecule has 0 unspecified atom stereocenters. The SMILES string of the molecule is COCO[C@H]1C[C@@H](CCCCc2ccccc2)O[C@@H](COCc2ccccc2)C1. The molecule has 0 saturated carbocycles. The smallest absolute Gasteiger partial charge is 0.146 e. The molecule has 0 radical (unpaired) electrons. The van der Waals surface area contributed by atoms with E-state index in [1.165, 1.54) is 17.5 Å². The fourth-order valence-electron chi connectivity index (χ4n) is 3.89. The third-order valence-electron chi connectivity index (χ3n) is 5.36. The largest absolute Gasteiger partial charge is 0.374 e. The summed E-state index contributed by atoms with van der Waals surface area (Å²) in [5, 5.41) is 0. The molecule has 0 spiro atoms. The Morgan fingerprint density at radius 2 is 1.55 bits per heavy atom. The van der Waals surface area contributed by atoms with Gasteiger partial charge in [0.2, 0.25) is 0 Å². The molecule has 1 saturated heterocycles. The van der Waals surface area contributed by atoms with Crippen molar-refractivity contribution in [3.63, 3.8) is 0 Å². The van der Waals surface area contributed by atoms with Crippen LogP contribution in [-0.2, 0) is 32.0 Å². The molecule has 0 bridgehead atoms. The van der Waals surface area contributed by atoms with Gasteiger partial charge in [0.1, 0.15) is 6.79 Å². The lowest BCUT2D eigenvalue weighted by Crippen LogP contribution is -2.39. The molecule has 3 atom stereocenters. The van der Waals surface area contributed by atoms with Crippen LogP contribution in [0.4, 0.5) is 0 Å². The van der Waals surface area contributed by atoms with Crippen LogP contribution in [0.5, 0.6) is 0 Å². The Hall–Kier alpha value is -1.72. The van der Waals surface area contributed by atoms with Crippen molar-refractivity contribution in [3.05, 3.63) is 71.8 Å². The van der Waals surface area contributed by atoms with E-state index in [-0.39, 0.29) is 18.3 Å². The molecule has 2 aromatic rings. The number of aryl methyl sites for hydroxylation is 1. The lowest BCUT2D eigenvalue weighted by molar-refractivity contribution is -0.162. The summed E-state index contributed by atoms with van der Waals surface area (Å²) < 4.78 is 23.3. The van der Waals surface area contributed by atoms with E-state index in [1.54, 1.807) is 7.11 Å². The van der Waals surface area contributed by atoms with Crippen molar-refractivity contribution in [2.24, 2.45) is 0 Å². The minimum Gasteiger partial charge on any atom is -0.374 e. The summed E-state index contributed by atoms with van der Waals surface area (Å²) >= 11 is 0. The van der Waals surface area contributed by atoms with Crippen molar-refractivity contribution in [2.45, 2.75) is 63.4 Å². The minimum absolute atomic E-state index is 0.0773. The van der Waals surface area contributed by atoms with Gasteiger partial charge in [0.05, 0.1) is 31.5 Å². The van der Waals surface area contributed by atoms with Crippen molar-refractivity contribution in [1.29, 1.82) is 0 Å². The van der Waals surface area contributed by atoms with Crippen LogP contribution in [0.15, 0.2) is 60.7 Å². The van der Waals surface area contributed by atoms with E-state index in [2.05, 4.69) is 42.5 Å². The number of hydrogen-bond donors (Lipinski definition) is 0. The standard InChI is InChI=1S/C25H34O4/c1-26-20-28-24-16-23(15-9-8-12-21-10-4-2-5-11-21)29-25(17-24)19-27-18-22-13-6-3-7-14-22/h2-7,10-11,13-14,23-25H,8-9,12,15-20H2,1H3/t23-,24+,25-/m1/s1. The number of unbranched alkanes of at least 4 members (excludes halogenated alkanes) is 1. The van der Waals surface area contributed by atoms with Crippen molar-refractivity contribution < 1.29 is 18.9 Å². The van der Waals surface area contributed by atoms with Crippen molar-refractivity contribution in [1.82, 2.24) is 0 Å². The van der Waals surface area contributed by atoms with Gasteiger partial charge in [0.25, 0.3) is 0 Å². The van der Waals surface area contributed by atoms with Crippen LogP contribution in [0.25, 0.3) is 0 Å². The first-order valence-corrected chi connectivity index (χ1v) is 10.7. The monoisotopic (exact) mass is 398 g/mol. The number of methoxy groups -OCH3 is 1. The molecule has 1 aliphatic heterocycles. The lowest BCUT2D eigenvalue weighted by atomic mass is 9.96. The predicted octanol–water partition coefficient (Wildman–Crippen LogP) is 5.15. The van der Waals surface area contributed by atoms with Gasteiger partial charge < -0.3 is 18.9 Å². The first-order chi connectivity index (χ1) is 14.3. The summed E-state index contributed by atoms with van der Waals surface area (Å²) in [6.07, 6.45) is 6.81. The number of ether oxygens (including phenoxy) is 4. The van der Waals surface area contributed by atoms with Crippen molar-refractivity contribution in [3.8, 4) is 0 Å². The Balaban J connectivity index is 1.41. The van der Waals surface area contributed by atoms with Gasteiger partial charge in [-0.05, 0) is 36.8 Å². The zero-order valence-electron chi connectivity index (χ0n) is 17.5. The van der Waals surface area contributed by atoms with Gasteiger partial charge in [-0.2, -0.15) is 0 Å². The minimum atomic E-state index is 0.0773. The van der Waals surface area contributed by atoms with E-state index in [9.17, 15) is 0 Å². The fraction of sp³-hybridized carbons (Fsp3) is 0.520.